The number of thiophene rings is 1. The van der Waals surface area contributed by atoms with Crippen LogP contribution in [0.5, 0.6) is 0 Å². The SMILES string of the molecule is CCCNC(c1cscc1C)c1cc(F)c(F)cc1Cl. The summed E-state index contributed by atoms with van der Waals surface area (Å²) in [5.41, 5.74) is 2.74. The fourth-order valence-corrected chi connectivity index (χ4v) is 3.24. The maximum absolute atomic E-state index is 13.5. The third kappa shape index (κ3) is 3.19. The Bertz CT molecular complexity index is 598. The number of aryl methyl sites for hydroxylation is 1. The fraction of sp³-hybridized carbons (Fsp3) is 0.333. The van der Waals surface area contributed by atoms with E-state index in [1.807, 2.05) is 17.7 Å². The molecule has 20 heavy (non-hydrogen) atoms. The van der Waals surface area contributed by atoms with Crippen LogP contribution in [0.1, 0.15) is 36.1 Å². The lowest BCUT2D eigenvalue weighted by molar-refractivity contribution is 0.503. The maximum atomic E-state index is 13.5. The van der Waals surface area contributed by atoms with Crippen LogP contribution in [0.25, 0.3) is 0 Å². The van der Waals surface area contributed by atoms with Gasteiger partial charge < -0.3 is 5.32 Å². The summed E-state index contributed by atoms with van der Waals surface area (Å²) in [6, 6.07) is 2.00. The van der Waals surface area contributed by atoms with Gasteiger partial charge in [-0.15, -0.1) is 0 Å². The van der Waals surface area contributed by atoms with Crippen molar-refractivity contribution in [2.24, 2.45) is 0 Å². The van der Waals surface area contributed by atoms with E-state index in [4.69, 9.17) is 11.6 Å². The molecule has 1 atom stereocenters. The van der Waals surface area contributed by atoms with Crippen LogP contribution in [0.4, 0.5) is 8.78 Å². The average molecular weight is 316 g/mol. The van der Waals surface area contributed by atoms with E-state index < -0.39 is 11.6 Å². The predicted molar refractivity (Wildman–Crippen MR) is 80.6 cm³/mol. The second-order valence-electron chi connectivity index (χ2n) is 4.69. The molecule has 1 unspecified atom stereocenters. The highest BCUT2D eigenvalue weighted by atomic mass is 35.5. The lowest BCUT2D eigenvalue weighted by Gasteiger charge is -2.21. The van der Waals surface area contributed by atoms with Crippen LogP contribution in [0.3, 0.4) is 0 Å². The van der Waals surface area contributed by atoms with E-state index in [9.17, 15) is 8.78 Å². The molecule has 2 aromatic rings. The summed E-state index contributed by atoms with van der Waals surface area (Å²) in [7, 11) is 0. The quantitative estimate of drug-likeness (QED) is 0.759. The molecule has 1 aromatic carbocycles. The first-order chi connectivity index (χ1) is 9.54. The standard InChI is InChI=1S/C15H16ClF2NS/c1-3-4-19-15(11-8-20-7-9(11)2)10-5-13(17)14(18)6-12(10)16/h5-8,15,19H,3-4H2,1-2H3. The Labute approximate surface area is 126 Å². The highest BCUT2D eigenvalue weighted by Crippen LogP contribution is 2.33. The molecule has 0 spiro atoms. The van der Waals surface area contributed by atoms with Crippen LogP contribution >= 0.6 is 22.9 Å². The Morgan fingerprint density at radius 2 is 1.90 bits per heavy atom. The first kappa shape index (κ1) is 15.4. The molecule has 5 heteroatoms. The largest absolute Gasteiger partial charge is 0.306 e. The molecular formula is C15H16ClF2NS. The van der Waals surface area contributed by atoms with Crippen LogP contribution < -0.4 is 5.32 Å². The molecule has 0 saturated carbocycles. The van der Waals surface area contributed by atoms with Crippen LogP contribution in [0.15, 0.2) is 22.9 Å². The van der Waals surface area contributed by atoms with Crippen molar-refractivity contribution >= 4 is 22.9 Å². The topological polar surface area (TPSA) is 12.0 Å². The van der Waals surface area contributed by atoms with E-state index in [-0.39, 0.29) is 11.1 Å². The Hall–Kier alpha value is -0.970. The Kier molecular flexibility index (Phi) is 5.13. The van der Waals surface area contributed by atoms with Gasteiger partial charge in [0.25, 0.3) is 0 Å². The molecule has 0 aliphatic rings. The third-order valence-electron chi connectivity index (χ3n) is 3.16. The molecular weight excluding hydrogens is 300 g/mol. The van der Waals surface area contributed by atoms with Crippen LogP contribution in [-0.2, 0) is 0 Å². The third-order valence-corrected chi connectivity index (χ3v) is 4.36. The molecule has 108 valence electrons. The summed E-state index contributed by atoms with van der Waals surface area (Å²) >= 11 is 7.69. The summed E-state index contributed by atoms with van der Waals surface area (Å²) in [6.07, 6.45) is 0.945. The van der Waals surface area contributed by atoms with Crippen molar-refractivity contribution in [3.63, 3.8) is 0 Å². The van der Waals surface area contributed by atoms with Crippen molar-refractivity contribution in [3.8, 4) is 0 Å². The molecule has 0 bridgehead atoms. The number of nitrogens with one attached hydrogen (secondary N) is 1. The zero-order valence-corrected chi connectivity index (χ0v) is 12.9. The average Bonchev–Trinajstić information content (AvgIpc) is 2.82. The normalized spacial score (nSPS) is 12.7. The second kappa shape index (κ2) is 6.66. The summed E-state index contributed by atoms with van der Waals surface area (Å²) in [5.74, 6) is -1.80. The Morgan fingerprint density at radius 1 is 1.20 bits per heavy atom. The van der Waals surface area contributed by atoms with Crippen molar-refractivity contribution in [1.29, 1.82) is 0 Å². The molecule has 0 aliphatic carbocycles. The Balaban J connectivity index is 2.46. The predicted octanol–water partition coefficient (Wildman–Crippen LogP) is 5.08. The first-order valence-corrected chi connectivity index (χ1v) is 7.77. The number of rotatable bonds is 5. The lowest BCUT2D eigenvalue weighted by Crippen LogP contribution is -2.24. The molecule has 1 heterocycles. The highest BCUT2D eigenvalue weighted by molar-refractivity contribution is 7.08. The molecule has 1 aromatic heterocycles. The van der Waals surface area contributed by atoms with Gasteiger partial charge in [-0.2, -0.15) is 11.3 Å². The molecule has 0 aliphatic heterocycles. The first-order valence-electron chi connectivity index (χ1n) is 6.45. The number of halogens is 3. The Morgan fingerprint density at radius 3 is 2.50 bits per heavy atom. The van der Waals surface area contributed by atoms with Crippen LogP contribution in [-0.4, -0.2) is 6.54 Å². The van der Waals surface area contributed by atoms with Gasteiger partial charge in [0.1, 0.15) is 0 Å². The minimum atomic E-state index is -0.921. The number of hydrogen-bond donors (Lipinski definition) is 1. The molecule has 1 nitrogen and oxygen atoms in total. The molecule has 0 radical (unpaired) electrons. The van der Waals surface area contributed by atoms with Gasteiger partial charge in [0.15, 0.2) is 11.6 Å². The van der Waals surface area contributed by atoms with E-state index in [1.165, 1.54) is 6.07 Å². The van der Waals surface area contributed by atoms with Gasteiger partial charge in [-0.3, -0.25) is 0 Å². The van der Waals surface area contributed by atoms with E-state index in [0.717, 1.165) is 30.2 Å². The summed E-state index contributed by atoms with van der Waals surface area (Å²) in [6.45, 7) is 4.83. The van der Waals surface area contributed by atoms with Crippen molar-refractivity contribution in [1.82, 2.24) is 5.32 Å². The van der Waals surface area contributed by atoms with E-state index >= 15 is 0 Å². The van der Waals surface area contributed by atoms with Crippen molar-refractivity contribution < 1.29 is 8.78 Å². The van der Waals surface area contributed by atoms with E-state index in [2.05, 4.69) is 12.2 Å². The van der Waals surface area contributed by atoms with Crippen molar-refractivity contribution in [2.75, 3.05) is 6.54 Å². The van der Waals surface area contributed by atoms with Gasteiger partial charge in [-0.05, 0) is 59.5 Å². The lowest BCUT2D eigenvalue weighted by atomic mass is 9.98. The number of benzene rings is 1. The van der Waals surface area contributed by atoms with Gasteiger partial charge in [-0.1, -0.05) is 18.5 Å². The molecule has 1 N–H and O–H groups in total. The second-order valence-corrected chi connectivity index (χ2v) is 5.84. The van der Waals surface area contributed by atoms with Crippen LogP contribution in [0.2, 0.25) is 5.02 Å². The minimum absolute atomic E-state index is 0.219. The smallest absolute Gasteiger partial charge is 0.160 e. The zero-order chi connectivity index (χ0) is 14.7. The monoisotopic (exact) mass is 315 g/mol. The highest BCUT2D eigenvalue weighted by Gasteiger charge is 2.21. The summed E-state index contributed by atoms with van der Waals surface area (Å²) in [4.78, 5) is 0. The number of hydrogen-bond acceptors (Lipinski definition) is 2. The van der Waals surface area contributed by atoms with Gasteiger partial charge >= 0.3 is 0 Å². The molecule has 0 fully saturated rings. The summed E-state index contributed by atoms with van der Waals surface area (Å²) < 4.78 is 26.7. The van der Waals surface area contributed by atoms with Gasteiger partial charge in [0, 0.05) is 5.02 Å². The van der Waals surface area contributed by atoms with Gasteiger partial charge in [0.05, 0.1) is 6.04 Å². The molecule has 0 amide bonds. The molecule has 2 rings (SSSR count). The van der Waals surface area contributed by atoms with E-state index in [1.54, 1.807) is 11.3 Å². The van der Waals surface area contributed by atoms with E-state index in [0.29, 0.717) is 5.56 Å². The zero-order valence-electron chi connectivity index (χ0n) is 11.3. The van der Waals surface area contributed by atoms with Crippen LogP contribution in [0, 0.1) is 18.6 Å². The summed E-state index contributed by atoms with van der Waals surface area (Å²) in [5, 5.41) is 7.63. The fourth-order valence-electron chi connectivity index (χ4n) is 2.10. The van der Waals surface area contributed by atoms with Gasteiger partial charge in [0.2, 0.25) is 0 Å². The van der Waals surface area contributed by atoms with Gasteiger partial charge in [-0.25, -0.2) is 8.78 Å². The molecule has 0 saturated heterocycles. The maximum Gasteiger partial charge on any atom is 0.160 e. The van der Waals surface area contributed by atoms with Crippen molar-refractivity contribution in [3.05, 3.63) is 56.2 Å². The van der Waals surface area contributed by atoms with Crippen molar-refractivity contribution in [2.45, 2.75) is 26.3 Å². The minimum Gasteiger partial charge on any atom is -0.306 e.